The first-order valence-corrected chi connectivity index (χ1v) is 6.19. The summed E-state index contributed by atoms with van der Waals surface area (Å²) in [5, 5.41) is 2.81. The molecule has 94 valence electrons. The maximum Gasteiger partial charge on any atom is 0.229 e. The fourth-order valence-corrected chi connectivity index (χ4v) is 1.54. The van der Waals surface area contributed by atoms with Crippen LogP contribution < -0.4 is 11.1 Å². The molecule has 0 aromatic heterocycles. The van der Waals surface area contributed by atoms with E-state index in [1.54, 1.807) is 0 Å². The molecular formula is C11H22N2O2S. The van der Waals surface area contributed by atoms with Crippen LogP contribution in [0.5, 0.6) is 0 Å². The number of thiocarbonyl (C=S) groups is 1. The largest absolute Gasteiger partial charge is 0.393 e. The second-order valence-electron chi connectivity index (χ2n) is 3.62. The van der Waals surface area contributed by atoms with E-state index in [2.05, 4.69) is 12.2 Å². The molecule has 0 saturated carbocycles. The number of rotatable bonds is 9. The molecule has 4 nitrogen and oxygen atoms in total. The van der Waals surface area contributed by atoms with Crippen molar-refractivity contribution in [1.29, 1.82) is 0 Å². The average Bonchev–Trinajstić information content (AvgIpc) is 2.23. The summed E-state index contributed by atoms with van der Waals surface area (Å²) in [5.74, 6) is -0.419. The van der Waals surface area contributed by atoms with Crippen LogP contribution in [-0.4, -0.2) is 30.7 Å². The molecular weight excluding hydrogens is 224 g/mol. The van der Waals surface area contributed by atoms with Crippen LogP contribution in [0, 0.1) is 5.92 Å². The Kier molecular flexibility index (Phi) is 9.13. The zero-order valence-electron chi connectivity index (χ0n) is 10.1. The zero-order valence-corrected chi connectivity index (χ0v) is 10.9. The smallest absolute Gasteiger partial charge is 0.229 e. The quantitative estimate of drug-likeness (QED) is 0.474. The van der Waals surface area contributed by atoms with Crippen molar-refractivity contribution in [1.82, 2.24) is 5.32 Å². The Bertz CT molecular complexity index is 222. The van der Waals surface area contributed by atoms with Gasteiger partial charge in [-0.3, -0.25) is 4.79 Å². The predicted molar refractivity (Wildman–Crippen MR) is 69.3 cm³/mol. The highest BCUT2D eigenvalue weighted by molar-refractivity contribution is 7.80. The lowest BCUT2D eigenvalue weighted by atomic mass is 10.1. The number of ether oxygens (including phenoxy) is 1. The number of nitrogens with two attached hydrogens (primary N) is 1. The number of amides is 1. The van der Waals surface area contributed by atoms with Gasteiger partial charge >= 0.3 is 0 Å². The SMILES string of the molecule is CCCOCCCNC(=O)C(CC)C(N)=S. The van der Waals surface area contributed by atoms with Crippen molar-refractivity contribution in [3.63, 3.8) is 0 Å². The fraction of sp³-hybridized carbons (Fsp3) is 0.818. The summed E-state index contributed by atoms with van der Waals surface area (Å²) in [4.78, 5) is 11.9. The first-order valence-electron chi connectivity index (χ1n) is 5.78. The van der Waals surface area contributed by atoms with E-state index in [0.717, 1.165) is 19.4 Å². The van der Waals surface area contributed by atoms with E-state index >= 15 is 0 Å². The second kappa shape index (κ2) is 9.54. The molecule has 0 heterocycles. The number of nitrogens with one attached hydrogen (secondary N) is 1. The second-order valence-corrected chi connectivity index (χ2v) is 4.09. The van der Waals surface area contributed by atoms with Gasteiger partial charge in [-0.1, -0.05) is 26.1 Å². The molecule has 0 aromatic rings. The van der Waals surface area contributed by atoms with Gasteiger partial charge < -0.3 is 15.8 Å². The van der Waals surface area contributed by atoms with Crippen molar-refractivity contribution in [2.75, 3.05) is 19.8 Å². The molecule has 0 aliphatic rings. The minimum absolute atomic E-state index is 0.0782. The molecule has 0 fully saturated rings. The average molecular weight is 246 g/mol. The summed E-state index contributed by atoms with van der Waals surface area (Å²) in [6, 6.07) is 0. The highest BCUT2D eigenvalue weighted by Gasteiger charge is 2.18. The lowest BCUT2D eigenvalue weighted by Crippen LogP contribution is -2.38. The van der Waals surface area contributed by atoms with Crippen molar-refractivity contribution >= 4 is 23.1 Å². The maximum atomic E-state index is 11.6. The van der Waals surface area contributed by atoms with E-state index in [4.69, 9.17) is 22.7 Å². The maximum absolute atomic E-state index is 11.6. The Hall–Kier alpha value is -0.680. The summed E-state index contributed by atoms with van der Waals surface area (Å²) >= 11 is 4.82. The van der Waals surface area contributed by atoms with Crippen molar-refractivity contribution < 1.29 is 9.53 Å². The van der Waals surface area contributed by atoms with Crippen molar-refractivity contribution in [3.05, 3.63) is 0 Å². The van der Waals surface area contributed by atoms with Gasteiger partial charge in [0.25, 0.3) is 0 Å². The molecule has 0 spiro atoms. The Labute approximate surface area is 103 Å². The van der Waals surface area contributed by atoms with Crippen LogP contribution in [0.15, 0.2) is 0 Å². The first-order chi connectivity index (χ1) is 7.63. The predicted octanol–water partition coefficient (Wildman–Crippen LogP) is 1.23. The van der Waals surface area contributed by atoms with Gasteiger partial charge in [0.15, 0.2) is 0 Å². The molecule has 16 heavy (non-hydrogen) atoms. The zero-order chi connectivity index (χ0) is 12.4. The number of hydrogen-bond acceptors (Lipinski definition) is 3. The Morgan fingerprint density at radius 2 is 2.12 bits per heavy atom. The van der Waals surface area contributed by atoms with E-state index in [1.807, 2.05) is 6.92 Å². The molecule has 1 atom stereocenters. The molecule has 3 N–H and O–H groups in total. The molecule has 1 unspecified atom stereocenters. The minimum atomic E-state index is -0.341. The summed E-state index contributed by atoms with van der Waals surface area (Å²) in [7, 11) is 0. The summed E-state index contributed by atoms with van der Waals surface area (Å²) in [6.07, 6.45) is 2.48. The lowest BCUT2D eigenvalue weighted by Gasteiger charge is -2.13. The van der Waals surface area contributed by atoms with Crippen LogP contribution >= 0.6 is 12.2 Å². The summed E-state index contributed by atoms with van der Waals surface area (Å²) in [5.41, 5.74) is 5.46. The van der Waals surface area contributed by atoms with Crippen molar-refractivity contribution in [2.45, 2.75) is 33.1 Å². The molecule has 0 aromatic carbocycles. The van der Waals surface area contributed by atoms with E-state index in [9.17, 15) is 4.79 Å². The van der Waals surface area contributed by atoms with Crippen molar-refractivity contribution in [3.8, 4) is 0 Å². The highest BCUT2D eigenvalue weighted by Crippen LogP contribution is 2.02. The van der Waals surface area contributed by atoms with Gasteiger partial charge in [-0.15, -0.1) is 0 Å². The fourth-order valence-electron chi connectivity index (χ4n) is 1.27. The van der Waals surface area contributed by atoms with Crippen LogP contribution in [0.25, 0.3) is 0 Å². The topological polar surface area (TPSA) is 64.3 Å². The number of carbonyl (C=O) groups is 1. The van der Waals surface area contributed by atoms with E-state index in [0.29, 0.717) is 19.6 Å². The van der Waals surface area contributed by atoms with Crippen LogP contribution in [0.1, 0.15) is 33.1 Å². The van der Waals surface area contributed by atoms with Gasteiger partial charge in [-0.2, -0.15) is 0 Å². The van der Waals surface area contributed by atoms with Crippen LogP contribution in [0.4, 0.5) is 0 Å². The van der Waals surface area contributed by atoms with Gasteiger partial charge in [0, 0.05) is 19.8 Å². The molecule has 0 rings (SSSR count). The van der Waals surface area contributed by atoms with Gasteiger partial charge in [-0.25, -0.2) is 0 Å². The number of carbonyl (C=O) groups excluding carboxylic acids is 1. The molecule has 0 radical (unpaired) electrons. The molecule has 0 aliphatic carbocycles. The van der Waals surface area contributed by atoms with Crippen LogP contribution in [0.2, 0.25) is 0 Å². The van der Waals surface area contributed by atoms with E-state index < -0.39 is 0 Å². The summed E-state index contributed by atoms with van der Waals surface area (Å²) < 4.78 is 5.30. The molecule has 1 amide bonds. The number of hydrogen-bond donors (Lipinski definition) is 2. The van der Waals surface area contributed by atoms with Gasteiger partial charge in [0.2, 0.25) is 5.91 Å². The van der Waals surface area contributed by atoms with Crippen LogP contribution in [0.3, 0.4) is 0 Å². The van der Waals surface area contributed by atoms with E-state index in [1.165, 1.54) is 0 Å². The standard InChI is InChI=1S/C11H22N2O2S/c1-3-7-15-8-5-6-13-11(14)9(4-2)10(12)16/h9H,3-8H2,1-2H3,(H2,12,16)(H,13,14). The third kappa shape index (κ3) is 6.74. The normalized spacial score (nSPS) is 12.1. The monoisotopic (exact) mass is 246 g/mol. The molecule has 5 heteroatoms. The Morgan fingerprint density at radius 3 is 2.62 bits per heavy atom. The minimum Gasteiger partial charge on any atom is -0.393 e. The molecule has 0 bridgehead atoms. The van der Waals surface area contributed by atoms with Gasteiger partial charge in [0.1, 0.15) is 0 Å². The highest BCUT2D eigenvalue weighted by atomic mass is 32.1. The van der Waals surface area contributed by atoms with Gasteiger partial charge in [0.05, 0.1) is 10.9 Å². The Morgan fingerprint density at radius 1 is 1.44 bits per heavy atom. The Balaban J connectivity index is 3.60. The first kappa shape index (κ1) is 15.3. The molecule has 0 saturated heterocycles. The summed E-state index contributed by atoms with van der Waals surface area (Å²) in [6.45, 7) is 6.03. The molecule has 0 aliphatic heterocycles. The van der Waals surface area contributed by atoms with Crippen molar-refractivity contribution in [2.24, 2.45) is 11.7 Å². The third-order valence-electron chi connectivity index (χ3n) is 2.18. The lowest BCUT2D eigenvalue weighted by molar-refractivity contribution is -0.123. The van der Waals surface area contributed by atoms with Gasteiger partial charge in [-0.05, 0) is 19.3 Å². The van der Waals surface area contributed by atoms with E-state index in [-0.39, 0.29) is 16.8 Å². The van der Waals surface area contributed by atoms with Crippen LogP contribution in [-0.2, 0) is 9.53 Å². The third-order valence-corrected chi connectivity index (χ3v) is 2.47.